The third-order valence-electron chi connectivity index (χ3n) is 5.60. The van der Waals surface area contributed by atoms with Crippen LogP contribution in [0.1, 0.15) is 56.9 Å². The van der Waals surface area contributed by atoms with E-state index >= 15 is 0 Å². The van der Waals surface area contributed by atoms with Crippen LogP contribution in [-0.2, 0) is 0 Å². The van der Waals surface area contributed by atoms with E-state index in [0.29, 0.717) is 17.4 Å². The molecule has 4 atom stereocenters. The summed E-state index contributed by atoms with van der Waals surface area (Å²) in [6.07, 6.45) is 11.2. The van der Waals surface area contributed by atoms with Crippen molar-refractivity contribution in [2.75, 3.05) is 0 Å². The molecular weight excluding hydrogens is 285 g/mol. The minimum atomic E-state index is -1.36. The monoisotopic (exact) mass is 308 g/mol. The van der Waals surface area contributed by atoms with Crippen molar-refractivity contribution >= 4 is 0 Å². The van der Waals surface area contributed by atoms with Gasteiger partial charge in [0.15, 0.2) is 17.5 Å². The number of benzene rings is 1. The van der Waals surface area contributed by atoms with Gasteiger partial charge in [0, 0.05) is 0 Å². The van der Waals surface area contributed by atoms with E-state index in [1.807, 2.05) is 0 Å². The third kappa shape index (κ3) is 3.09. The number of rotatable bonds is 2. The van der Waals surface area contributed by atoms with Crippen molar-refractivity contribution in [2.24, 2.45) is 17.8 Å². The molecule has 22 heavy (non-hydrogen) atoms. The van der Waals surface area contributed by atoms with E-state index in [1.165, 1.54) is 31.4 Å². The molecule has 0 bridgehead atoms. The summed E-state index contributed by atoms with van der Waals surface area (Å²) in [5.74, 6) is -1.22. The first kappa shape index (κ1) is 15.6. The minimum absolute atomic E-state index is 0.170. The average molecular weight is 308 g/mol. The molecule has 0 spiro atoms. The normalized spacial score (nSPS) is 32.2. The summed E-state index contributed by atoms with van der Waals surface area (Å²) in [5.41, 5.74) is 0.630. The molecule has 0 aromatic heterocycles. The summed E-state index contributed by atoms with van der Waals surface area (Å²) in [6.45, 7) is 2.07. The van der Waals surface area contributed by atoms with Crippen molar-refractivity contribution in [3.63, 3.8) is 0 Å². The van der Waals surface area contributed by atoms with E-state index in [0.717, 1.165) is 25.2 Å². The summed E-state index contributed by atoms with van der Waals surface area (Å²) in [7, 11) is 0. The minimum Gasteiger partial charge on any atom is -0.204 e. The fourth-order valence-corrected chi connectivity index (χ4v) is 4.49. The van der Waals surface area contributed by atoms with Gasteiger partial charge in [0.05, 0.1) is 0 Å². The van der Waals surface area contributed by atoms with Gasteiger partial charge in [0.25, 0.3) is 0 Å². The lowest BCUT2D eigenvalue weighted by Gasteiger charge is -2.41. The molecule has 0 saturated heterocycles. The summed E-state index contributed by atoms with van der Waals surface area (Å²) >= 11 is 0. The Bertz CT molecular complexity index is 541. The van der Waals surface area contributed by atoms with Crippen LogP contribution in [0.2, 0.25) is 0 Å². The molecule has 1 aromatic rings. The molecule has 3 heteroatoms. The lowest BCUT2D eigenvalue weighted by Crippen LogP contribution is -2.30. The second-order valence-electron chi connectivity index (χ2n) is 6.93. The van der Waals surface area contributed by atoms with Crippen LogP contribution in [0.15, 0.2) is 24.3 Å². The van der Waals surface area contributed by atoms with Crippen LogP contribution in [0.3, 0.4) is 0 Å². The highest BCUT2D eigenvalue weighted by Crippen LogP contribution is 2.48. The third-order valence-corrected chi connectivity index (χ3v) is 5.60. The van der Waals surface area contributed by atoms with Crippen molar-refractivity contribution in [3.8, 4) is 0 Å². The molecule has 4 unspecified atom stereocenters. The van der Waals surface area contributed by atoms with Crippen LogP contribution in [0.25, 0.3) is 0 Å². The zero-order valence-electron chi connectivity index (χ0n) is 13.0. The molecule has 120 valence electrons. The fourth-order valence-electron chi connectivity index (χ4n) is 4.49. The van der Waals surface area contributed by atoms with Gasteiger partial charge in [0.1, 0.15) is 0 Å². The first-order chi connectivity index (χ1) is 10.6. The van der Waals surface area contributed by atoms with Gasteiger partial charge in [-0.05, 0) is 86.8 Å². The Labute approximate surface area is 130 Å². The maximum atomic E-state index is 13.4. The quantitative estimate of drug-likeness (QED) is 0.465. The predicted octanol–water partition coefficient (Wildman–Crippen LogP) is 5.98. The molecule has 1 aromatic carbocycles. The number of hydrogen-bond donors (Lipinski definition) is 0. The van der Waals surface area contributed by atoms with Gasteiger partial charge < -0.3 is 0 Å². The highest BCUT2D eigenvalue weighted by molar-refractivity contribution is 5.24. The molecular formula is C19H23F3. The Morgan fingerprint density at radius 3 is 2.23 bits per heavy atom. The molecule has 2 fully saturated rings. The molecule has 2 saturated carbocycles. The predicted molar refractivity (Wildman–Crippen MR) is 82.0 cm³/mol. The van der Waals surface area contributed by atoms with Crippen LogP contribution in [0, 0.1) is 35.2 Å². The summed E-state index contributed by atoms with van der Waals surface area (Å²) in [6, 6.07) is 2.38. The summed E-state index contributed by atoms with van der Waals surface area (Å²) < 4.78 is 40.0. The highest BCUT2D eigenvalue weighted by Gasteiger charge is 2.35. The first-order valence-electron chi connectivity index (χ1n) is 8.35. The zero-order valence-corrected chi connectivity index (χ0v) is 13.0. The second-order valence-corrected chi connectivity index (χ2v) is 6.93. The molecule has 0 radical (unpaired) electrons. The van der Waals surface area contributed by atoms with Gasteiger partial charge in [-0.25, -0.2) is 13.2 Å². The number of allylic oxidation sites excluding steroid dienone is 2. The van der Waals surface area contributed by atoms with Crippen molar-refractivity contribution < 1.29 is 13.2 Å². The maximum absolute atomic E-state index is 13.4. The summed E-state index contributed by atoms with van der Waals surface area (Å²) in [4.78, 5) is 0. The van der Waals surface area contributed by atoms with Gasteiger partial charge in [0.2, 0.25) is 0 Å². The Hall–Kier alpha value is -1.25. The average Bonchev–Trinajstić information content (AvgIpc) is 2.52. The largest absolute Gasteiger partial charge is 0.204 e. The van der Waals surface area contributed by atoms with E-state index in [4.69, 9.17) is 0 Å². The van der Waals surface area contributed by atoms with Crippen molar-refractivity contribution in [1.82, 2.24) is 0 Å². The van der Waals surface area contributed by atoms with Gasteiger partial charge >= 0.3 is 0 Å². The first-order valence-corrected chi connectivity index (χ1v) is 8.35. The Kier molecular flexibility index (Phi) is 4.60. The molecule has 2 aliphatic carbocycles. The van der Waals surface area contributed by atoms with Crippen LogP contribution in [-0.4, -0.2) is 0 Å². The highest BCUT2D eigenvalue weighted by atomic mass is 19.2. The molecule has 2 aliphatic rings. The van der Waals surface area contributed by atoms with Gasteiger partial charge in [-0.1, -0.05) is 12.2 Å². The summed E-state index contributed by atoms with van der Waals surface area (Å²) in [5, 5.41) is 0. The van der Waals surface area contributed by atoms with Crippen LogP contribution in [0.5, 0.6) is 0 Å². The van der Waals surface area contributed by atoms with Crippen molar-refractivity contribution in [3.05, 3.63) is 47.3 Å². The van der Waals surface area contributed by atoms with E-state index in [2.05, 4.69) is 19.1 Å². The molecule has 0 N–H and O–H groups in total. The zero-order chi connectivity index (χ0) is 15.7. The Morgan fingerprint density at radius 1 is 0.909 bits per heavy atom. The van der Waals surface area contributed by atoms with Crippen LogP contribution in [0.4, 0.5) is 13.2 Å². The molecule has 0 aliphatic heterocycles. The van der Waals surface area contributed by atoms with E-state index in [-0.39, 0.29) is 5.92 Å². The fraction of sp³-hybridized carbons (Fsp3) is 0.579. The number of halogens is 3. The van der Waals surface area contributed by atoms with Gasteiger partial charge in [-0.15, -0.1) is 0 Å². The molecule has 3 rings (SSSR count). The van der Waals surface area contributed by atoms with Crippen molar-refractivity contribution in [2.45, 2.75) is 51.4 Å². The standard InChI is InChI=1S/C19H23F3/c1-2-3-12-4-5-14-9-15(7-6-13(14)8-12)16-10-17(20)19(22)18(21)11-16/h2-3,10-15H,4-9H2,1H3. The maximum Gasteiger partial charge on any atom is 0.194 e. The van der Waals surface area contributed by atoms with Crippen molar-refractivity contribution in [1.29, 1.82) is 0 Å². The molecule has 0 nitrogen and oxygen atoms in total. The van der Waals surface area contributed by atoms with E-state index in [9.17, 15) is 13.2 Å². The molecule has 0 amide bonds. The Balaban J connectivity index is 1.70. The van der Waals surface area contributed by atoms with E-state index < -0.39 is 17.5 Å². The SMILES string of the molecule is CC=CC1CCC2CC(c3cc(F)c(F)c(F)c3)CCC2C1. The second kappa shape index (κ2) is 6.47. The van der Waals surface area contributed by atoms with Gasteiger partial charge in [-0.2, -0.15) is 0 Å². The number of fused-ring (bicyclic) bond motifs is 1. The van der Waals surface area contributed by atoms with Crippen LogP contribution >= 0.6 is 0 Å². The van der Waals surface area contributed by atoms with Gasteiger partial charge in [-0.3, -0.25) is 0 Å². The number of hydrogen-bond acceptors (Lipinski definition) is 0. The topological polar surface area (TPSA) is 0 Å². The van der Waals surface area contributed by atoms with Crippen LogP contribution < -0.4 is 0 Å². The Morgan fingerprint density at radius 2 is 1.55 bits per heavy atom. The van der Waals surface area contributed by atoms with E-state index in [1.54, 1.807) is 0 Å². The lowest BCUT2D eigenvalue weighted by atomic mass is 9.64. The smallest absolute Gasteiger partial charge is 0.194 e. The molecule has 0 heterocycles. The lowest BCUT2D eigenvalue weighted by molar-refractivity contribution is 0.133.